The molecule has 0 aliphatic carbocycles. The summed E-state index contributed by atoms with van der Waals surface area (Å²) >= 11 is 1.64. The zero-order chi connectivity index (χ0) is 14.6. The van der Waals surface area contributed by atoms with Crippen molar-refractivity contribution in [3.63, 3.8) is 0 Å². The van der Waals surface area contributed by atoms with Crippen LogP contribution in [0.2, 0.25) is 0 Å². The summed E-state index contributed by atoms with van der Waals surface area (Å²) < 4.78 is 39.9. The number of benzene rings is 2. The third-order valence-corrected chi connectivity index (χ3v) is 3.67. The fourth-order valence-corrected chi connectivity index (χ4v) is 2.44. The van der Waals surface area contributed by atoms with E-state index >= 15 is 0 Å². The smallest absolute Gasteiger partial charge is 0.406 e. The predicted molar refractivity (Wildman–Crippen MR) is 73.9 cm³/mol. The maximum atomic E-state index is 12.0. The van der Waals surface area contributed by atoms with Gasteiger partial charge in [0.25, 0.3) is 0 Å². The molecule has 2 aromatic carbocycles. The summed E-state index contributed by atoms with van der Waals surface area (Å²) in [7, 11) is 0. The van der Waals surface area contributed by atoms with E-state index in [4.69, 9.17) is 0 Å². The van der Waals surface area contributed by atoms with E-state index in [9.17, 15) is 13.2 Å². The van der Waals surface area contributed by atoms with Gasteiger partial charge in [-0.1, -0.05) is 29.8 Å². The van der Waals surface area contributed by atoms with Crippen LogP contribution in [0.4, 0.5) is 13.2 Å². The molecule has 0 spiro atoms. The van der Waals surface area contributed by atoms with Gasteiger partial charge in [-0.3, -0.25) is 0 Å². The van der Waals surface area contributed by atoms with E-state index in [1.165, 1.54) is 17.7 Å². The SMILES string of the molecule is Cc1ccc(SCc2ccc(OC(F)(F)F)cc2)cc1. The molecule has 0 saturated heterocycles. The average Bonchev–Trinajstić information content (AvgIpc) is 2.38. The van der Waals surface area contributed by atoms with Gasteiger partial charge in [0.2, 0.25) is 0 Å². The fraction of sp³-hybridized carbons (Fsp3) is 0.200. The number of rotatable bonds is 4. The molecule has 5 heteroatoms. The first-order chi connectivity index (χ1) is 9.42. The van der Waals surface area contributed by atoms with Gasteiger partial charge in [0.05, 0.1) is 0 Å². The number of hydrogen-bond donors (Lipinski definition) is 0. The summed E-state index contributed by atoms with van der Waals surface area (Å²) in [6.45, 7) is 2.02. The second kappa shape index (κ2) is 6.22. The van der Waals surface area contributed by atoms with Crippen LogP contribution in [0.5, 0.6) is 5.75 Å². The number of alkyl halides is 3. The monoisotopic (exact) mass is 298 g/mol. The number of halogens is 3. The van der Waals surface area contributed by atoms with E-state index in [0.29, 0.717) is 5.75 Å². The Hall–Kier alpha value is -1.62. The Morgan fingerprint density at radius 2 is 1.55 bits per heavy atom. The van der Waals surface area contributed by atoms with Crippen LogP contribution in [0.15, 0.2) is 53.4 Å². The largest absolute Gasteiger partial charge is 0.573 e. The minimum absolute atomic E-state index is 0.193. The molecule has 0 atom stereocenters. The van der Waals surface area contributed by atoms with Crippen molar-refractivity contribution in [3.8, 4) is 5.75 Å². The molecule has 0 heterocycles. The lowest BCUT2D eigenvalue weighted by Crippen LogP contribution is -2.16. The third kappa shape index (κ3) is 4.81. The molecule has 0 aliphatic heterocycles. The standard InChI is InChI=1S/C15H13F3OS/c1-11-2-8-14(9-3-11)20-10-12-4-6-13(7-5-12)19-15(16,17)18/h2-9H,10H2,1H3. The van der Waals surface area contributed by atoms with Gasteiger partial charge in [-0.15, -0.1) is 24.9 Å². The van der Waals surface area contributed by atoms with E-state index in [-0.39, 0.29) is 5.75 Å². The third-order valence-electron chi connectivity index (χ3n) is 2.58. The Bertz CT molecular complexity index is 547. The number of aryl methyl sites for hydroxylation is 1. The highest BCUT2D eigenvalue weighted by Gasteiger charge is 2.30. The van der Waals surface area contributed by atoms with Gasteiger partial charge in [0.15, 0.2) is 0 Å². The Kier molecular flexibility index (Phi) is 4.60. The lowest BCUT2D eigenvalue weighted by Gasteiger charge is -2.09. The van der Waals surface area contributed by atoms with Crippen LogP contribution in [0.1, 0.15) is 11.1 Å². The molecule has 0 saturated carbocycles. The van der Waals surface area contributed by atoms with Gasteiger partial charge in [0.1, 0.15) is 5.75 Å². The first kappa shape index (κ1) is 14.8. The van der Waals surface area contributed by atoms with Crippen molar-refractivity contribution in [1.82, 2.24) is 0 Å². The molecule has 0 radical (unpaired) electrons. The molecule has 2 rings (SSSR count). The highest BCUT2D eigenvalue weighted by Crippen LogP contribution is 2.26. The normalized spacial score (nSPS) is 11.4. The highest BCUT2D eigenvalue weighted by molar-refractivity contribution is 7.98. The molecule has 20 heavy (non-hydrogen) atoms. The van der Waals surface area contributed by atoms with Crippen LogP contribution in [0.25, 0.3) is 0 Å². The van der Waals surface area contributed by atoms with Crippen molar-refractivity contribution in [2.45, 2.75) is 23.9 Å². The molecule has 0 bridgehead atoms. The Balaban J connectivity index is 1.92. The van der Waals surface area contributed by atoms with E-state index in [2.05, 4.69) is 4.74 Å². The summed E-state index contributed by atoms with van der Waals surface area (Å²) in [4.78, 5) is 1.13. The maximum Gasteiger partial charge on any atom is 0.573 e. The van der Waals surface area contributed by atoms with Gasteiger partial charge in [-0.2, -0.15) is 0 Å². The molecule has 106 valence electrons. The highest BCUT2D eigenvalue weighted by atomic mass is 32.2. The van der Waals surface area contributed by atoms with E-state index in [0.717, 1.165) is 10.5 Å². The van der Waals surface area contributed by atoms with Crippen molar-refractivity contribution in [1.29, 1.82) is 0 Å². The average molecular weight is 298 g/mol. The van der Waals surface area contributed by atoms with E-state index < -0.39 is 6.36 Å². The lowest BCUT2D eigenvalue weighted by atomic mass is 10.2. The van der Waals surface area contributed by atoms with Crippen LogP contribution in [0.3, 0.4) is 0 Å². The Morgan fingerprint density at radius 1 is 0.950 bits per heavy atom. The first-order valence-corrected chi connectivity index (χ1v) is 6.95. The van der Waals surface area contributed by atoms with Crippen LogP contribution in [-0.2, 0) is 5.75 Å². The van der Waals surface area contributed by atoms with Gasteiger partial charge in [-0.05, 0) is 36.8 Å². The zero-order valence-electron chi connectivity index (χ0n) is 10.8. The summed E-state index contributed by atoms with van der Waals surface area (Å²) in [6.07, 6.45) is -4.64. The first-order valence-electron chi connectivity index (χ1n) is 5.96. The van der Waals surface area contributed by atoms with E-state index in [1.807, 2.05) is 31.2 Å². The molecule has 0 fully saturated rings. The van der Waals surface area contributed by atoms with Crippen LogP contribution in [-0.4, -0.2) is 6.36 Å². The summed E-state index contributed by atoms with van der Waals surface area (Å²) in [5, 5.41) is 0. The van der Waals surface area contributed by atoms with Gasteiger partial charge < -0.3 is 4.74 Å². The molecule has 0 aliphatic rings. The molecule has 1 nitrogen and oxygen atoms in total. The second-order valence-electron chi connectivity index (χ2n) is 4.29. The van der Waals surface area contributed by atoms with E-state index in [1.54, 1.807) is 23.9 Å². The molecule has 2 aromatic rings. The number of hydrogen-bond acceptors (Lipinski definition) is 2. The molecule has 0 aromatic heterocycles. The maximum absolute atomic E-state index is 12.0. The summed E-state index contributed by atoms with van der Waals surface area (Å²) in [6, 6.07) is 14.1. The Morgan fingerprint density at radius 3 is 2.10 bits per heavy atom. The molecular formula is C15H13F3OS. The fourth-order valence-electron chi connectivity index (χ4n) is 1.59. The molecule has 0 unspecified atom stereocenters. The van der Waals surface area contributed by atoms with Crippen molar-refractivity contribution >= 4 is 11.8 Å². The predicted octanol–water partition coefficient (Wildman–Crippen LogP) is 5.19. The zero-order valence-corrected chi connectivity index (χ0v) is 11.6. The lowest BCUT2D eigenvalue weighted by molar-refractivity contribution is -0.274. The molecule has 0 N–H and O–H groups in total. The topological polar surface area (TPSA) is 9.23 Å². The van der Waals surface area contributed by atoms with Crippen molar-refractivity contribution in [2.75, 3.05) is 0 Å². The Labute approximate surface area is 119 Å². The van der Waals surface area contributed by atoms with Crippen LogP contribution < -0.4 is 4.74 Å². The van der Waals surface area contributed by atoms with Gasteiger partial charge >= 0.3 is 6.36 Å². The van der Waals surface area contributed by atoms with Crippen molar-refractivity contribution in [3.05, 3.63) is 59.7 Å². The van der Waals surface area contributed by atoms with Crippen molar-refractivity contribution < 1.29 is 17.9 Å². The van der Waals surface area contributed by atoms with Gasteiger partial charge in [-0.25, -0.2) is 0 Å². The summed E-state index contributed by atoms with van der Waals surface area (Å²) in [5.74, 6) is 0.511. The molecular weight excluding hydrogens is 285 g/mol. The second-order valence-corrected chi connectivity index (χ2v) is 5.34. The van der Waals surface area contributed by atoms with Crippen LogP contribution >= 0.6 is 11.8 Å². The minimum Gasteiger partial charge on any atom is -0.406 e. The van der Waals surface area contributed by atoms with Crippen LogP contribution in [0, 0.1) is 6.92 Å². The minimum atomic E-state index is -4.64. The van der Waals surface area contributed by atoms with Gasteiger partial charge in [0, 0.05) is 10.6 Å². The summed E-state index contributed by atoms with van der Waals surface area (Å²) in [5.41, 5.74) is 2.15. The number of ether oxygens (including phenoxy) is 1. The molecule has 0 amide bonds. The quantitative estimate of drug-likeness (QED) is 0.719. The number of thioether (sulfide) groups is 1. The van der Waals surface area contributed by atoms with Crippen molar-refractivity contribution in [2.24, 2.45) is 0 Å².